The molecule has 6 rings (SSSR count). The summed E-state index contributed by atoms with van der Waals surface area (Å²) in [6.07, 6.45) is 0.549. The number of nitrogen functional groups attached to an aromatic ring is 2. The van der Waals surface area contributed by atoms with Crippen LogP contribution >= 0.6 is 23.9 Å². The standard InChI is InChI=1S/C28H32F2N8O3S.C8H11N3OS.C7H6F2/c1-3-33-26(39)15-37-23-6-4-5-7-24(23)38(35-37)16-27(40)34-22(12-17-10-18(29)13-19(30)11-17)28(41)36(2)20-8-9-25(42-32)21(31)14-20;1-11(5-12)6-2-3-8(13-10)7(9)4-6;1-5-2-6(8)4-7(9)3-5/h4-11,13-14,22,35H,3,12,15-16,31-32H2,1-2H3,(H,33,39)(H,34,40);2-5H,9-10H2,1H3;2-4H,1H3. The predicted octanol–water partition coefficient (Wildman–Crippen LogP) is 5.19. The minimum absolute atomic E-state index is 0.00456. The number of carbonyl (C=O) groups excluding carboxylic acids is 4. The summed E-state index contributed by atoms with van der Waals surface area (Å²) in [4.78, 5) is 53.8. The number of rotatable bonds is 14. The molecule has 340 valence electrons. The van der Waals surface area contributed by atoms with Gasteiger partial charge >= 0.3 is 0 Å². The van der Waals surface area contributed by atoms with Crippen molar-refractivity contribution in [2.45, 2.75) is 36.1 Å². The molecule has 0 saturated heterocycles. The van der Waals surface area contributed by atoms with Crippen LogP contribution in [0.1, 0.15) is 18.1 Å². The zero-order chi connectivity index (χ0) is 47.1. The summed E-state index contributed by atoms with van der Waals surface area (Å²) >= 11 is 2.06. The van der Waals surface area contributed by atoms with Crippen molar-refractivity contribution >= 4 is 82.2 Å². The van der Waals surface area contributed by atoms with Gasteiger partial charge in [0.05, 0.1) is 11.4 Å². The number of carbonyl (C=O) groups is 4. The molecule has 0 spiro atoms. The van der Waals surface area contributed by atoms with Gasteiger partial charge < -0.3 is 31.9 Å². The Morgan fingerprint density at radius 3 is 1.69 bits per heavy atom. The number of likely N-dealkylation sites (N-methyl/N-ethyl adjacent to an activating group) is 2. The molecule has 0 saturated carbocycles. The van der Waals surface area contributed by atoms with Crippen LogP contribution in [0.3, 0.4) is 0 Å². The molecule has 1 heterocycles. The SMILES string of the molecule is CCNC(=O)CN1NN(CC(=O)NC(Cc2cc(F)cc(F)c2)C(=O)N(C)c2ccc(SN)c(N)c2)c2ccccc21.CN(C=O)c1ccc(SN)c(N)c1.Cc1cc(F)cc(F)c1. The molecule has 21 heteroatoms. The summed E-state index contributed by atoms with van der Waals surface area (Å²) < 4.78 is 52.3. The third-order valence-corrected chi connectivity index (χ3v) is 10.5. The van der Waals surface area contributed by atoms with Crippen molar-refractivity contribution in [3.8, 4) is 0 Å². The zero-order valence-corrected chi connectivity index (χ0v) is 36.9. The Morgan fingerprint density at radius 2 is 1.22 bits per heavy atom. The van der Waals surface area contributed by atoms with Gasteiger partial charge in [-0.3, -0.25) is 39.5 Å². The lowest BCUT2D eigenvalue weighted by Crippen LogP contribution is -2.54. The molecule has 4 amide bonds. The molecule has 11 N–H and O–H groups in total. The first-order chi connectivity index (χ1) is 30.5. The molecule has 64 heavy (non-hydrogen) atoms. The molecule has 1 atom stereocenters. The maximum Gasteiger partial charge on any atom is 0.249 e. The molecule has 1 aliphatic heterocycles. The third-order valence-electron chi connectivity index (χ3n) is 9.21. The summed E-state index contributed by atoms with van der Waals surface area (Å²) in [6.45, 7) is 3.71. The molecule has 0 fully saturated rings. The van der Waals surface area contributed by atoms with E-state index in [4.69, 9.17) is 21.7 Å². The number of fused-ring (bicyclic) bond motifs is 1. The number of amides is 4. The summed E-state index contributed by atoms with van der Waals surface area (Å²) in [5.41, 5.74) is 19.0. The summed E-state index contributed by atoms with van der Waals surface area (Å²) in [5, 5.41) is 19.6. The predicted molar refractivity (Wildman–Crippen MR) is 246 cm³/mol. The average molecular weight is 924 g/mol. The molecule has 15 nitrogen and oxygen atoms in total. The Balaban J connectivity index is 0.000000330. The lowest BCUT2D eigenvalue weighted by molar-refractivity contribution is -0.126. The van der Waals surface area contributed by atoms with Gasteiger partial charge in [0.15, 0.2) is 0 Å². The highest BCUT2D eigenvalue weighted by Gasteiger charge is 2.31. The fourth-order valence-corrected chi connectivity index (χ4v) is 6.87. The normalized spacial score (nSPS) is 11.8. The largest absolute Gasteiger partial charge is 0.398 e. The van der Waals surface area contributed by atoms with E-state index in [0.29, 0.717) is 45.4 Å². The smallest absolute Gasteiger partial charge is 0.249 e. The quantitative estimate of drug-likeness (QED) is 0.0331. The van der Waals surface area contributed by atoms with Crippen molar-refractivity contribution in [2.24, 2.45) is 10.3 Å². The second-order valence-electron chi connectivity index (χ2n) is 14.1. The van der Waals surface area contributed by atoms with E-state index in [1.54, 1.807) is 78.6 Å². The summed E-state index contributed by atoms with van der Waals surface area (Å²) in [7, 11) is 3.17. The summed E-state index contributed by atoms with van der Waals surface area (Å²) in [6, 6.07) is 22.6. The number of hydrazine groups is 2. The van der Waals surface area contributed by atoms with E-state index in [1.807, 2.05) is 13.0 Å². The molecule has 1 unspecified atom stereocenters. The van der Waals surface area contributed by atoms with Crippen LogP contribution in [0.15, 0.2) is 107 Å². The van der Waals surface area contributed by atoms with Crippen LogP contribution in [0.2, 0.25) is 0 Å². The Morgan fingerprint density at radius 1 is 0.734 bits per heavy atom. The number of benzene rings is 5. The van der Waals surface area contributed by atoms with E-state index < -0.39 is 41.1 Å². The van der Waals surface area contributed by atoms with E-state index in [9.17, 15) is 36.7 Å². The van der Waals surface area contributed by atoms with E-state index in [0.717, 1.165) is 65.2 Å². The number of hydrogen-bond donors (Lipinski definition) is 7. The molecule has 0 aliphatic carbocycles. The van der Waals surface area contributed by atoms with Gasteiger partial charge in [-0.05, 0) is 122 Å². The van der Waals surface area contributed by atoms with Crippen LogP contribution in [0, 0.1) is 30.2 Å². The highest BCUT2D eigenvalue weighted by molar-refractivity contribution is 7.97. The first-order valence-electron chi connectivity index (χ1n) is 19.3. The average Bonchev–Trinajstić information content (AvgIpc) is 3.57. The van der Waals surface area contributed by atoms with Crippen molar-refractivity contribution in [2.75, 3.05) is 65.0 Å². The summed E-state index contributed by atoms with van der Waals surface area (Å²) in [5.74, 6) is -3.93. The lowest BCUT2D eigenvalue weighted by atomic mass is 10.0. The Bertz CT molecular complexity index is 2370. The van der Waals surface area contributed by atoms with Crippen LogP contribution in [0.5, 0.6) is 0 Å². The van der Waals surface area contributed by atoms with Crippen LogP contribution in [0.25, 0.3) is 0 Å². The zero-order valence-electron chi connectivity index (χ0n) is 35.3. The van der Waals surface area contributed by atoms with Gasteiger partial charge in [-0.15, -0.1) is 5.53 Å². The Kier molecular flexibility index (Phi) is 18.6. The van der Waals surface area contributed by atoms with E-state index in [-0.39, 0.29) is 31.0 Å². The fraction of sp³-hybridized carbons (Fsp3) is 0.209. The minimum atomic E-state index is -1.18. The van der Waals surface area contributed by atoms with Gasteiger partial charge in [0.25, 0.3) is 0 Å². The van der Waals surface area contributed by atoms with E-state index in [1.165, 1.54) is 29.0 Å². The molecular weight excluding hydrogens is 875 g/mol. The molecule has 0 bridgehead atoms. The maximum absolute atomic E-state index is 14.0. The molecule has 0 radical (unpaired) electrons. The number of anilines is 6. The molecule has 0 aromatic heterocycles. The van der Waals surface area contributed by atoms with Gasteiger partial charge in [-0.1, -0.05) is 12.1 Å². The topological polar surface area (TPSA) is 221 Å². The van der Waals surface area contributed by atoms with Crippen molar-refractivity contribution in [1.82, 2.24) is 16.2 Å². The first kappa shape index (κ1) is 50.1. The van der Waals surface area contributed by atoms with Crippen LogP contribution < -0.4 is 57.7 Å². The molecular formula is C43H49F4N11O4S2. The first-order valence-corrected chi connectivity index (χ1v) is 21.0. The van der Waals surface area contributed by atoms with Gasteiger partial charge in [0.1, 0.15) is 42.4 Å². The number of halogens is 4. The van der Waals surface area contributed by atoms with Gasteiger partial charge in [0, 0.05) is 71.7 Å². The number of hydrogen-bond acceptors (Lipinski definition) is 13. The van der Waals surface area contributed by atoms with Crippen molar-refractivity contribution in [3.05, 3.63) is 131 Å². The number of para-hydroxylation sites is 2. The van der Waals surface area contributed by atoms with E-state index >= 15 is 0 Å². The molecule has 5 aromatic carbocycles. The van der Waals surface area contributed by atoms with Crippen molar-refractivity contribution in [3.63, 3.8) is 0 Å². The van der Waals surface area contributed by atoms with Gasteiger partial charge in [0.2, 0.25) is 24.1 Å². The monoisotopic (exact) mass is 923 g/mol. The van der Waals surface area contributed by atoms with Crippen LogP contribution in [-0.4, -0.2) is 63.9 Å². The molecule has 5 aromatic rings. The van der Waals surface area contributed by atoms with Crippen molar-refractivity contribution < 1.29 is 36.7 Å². The highest BCUT2D eigenvalue weighted by Crippen LogP contribution is 2.32. The second-order valence-corrected chi connectivity index (χ2v) is 15.4. The lowest BCUT2D eigenvalue weighted by Gasteiger charge is -2.27. The number of nitrogens with one attached hydrogen (secondary N) is 3. The maximum atomic E-state index is 14.0. The molecule has 1 aliphatic rings. The fourth-order valence-electron chi connectivity index (χ4n) is 6.19. The highest BCUT2D eigenvalue weighted by atomic mass is 32.2. The van der Waals surface area contributed by atoms with Crippen LogP contribution in [0.4, 0.5) is 51.7 Å². The Labute approximate surface area is 376 Å². The third kappa shape index (κ3) is 14.3. The second kappa shape index (κ2) is 23.8. The van der Waals surface area contributed by atoms with Gasteiger partial charge in [-0.25, -0.2) is 17.6 Å². The minimum Gasteiger partial charge on any atom is -0.398 e. The number of nitrogens with two attached hydrogens (primary N) is 4. The number of aryl methyl sites for hydroxylation is 1. The van der Waals surface area contributed by atoms with Gasteiger partial charge in [-0.2, -0.15) is 0 Å². The van der Waals surface area contributed by atoms with E-state index in [2.05, 4.69) is 16.2 Å². The Hall–Kier alpha value is -6.52. The van der Waals surface area contributed by atoms with Crippen LogP contribution in [-0.2, 0) is 25.6 Å². The number of nitrogens with zero attached hydrogens (tertiary/aromatic N) is 4. The van der Waals surface area contributed by atoms with Crippen molar-refractivity contribution in [1.29, 1.82) is 0 Å².